The van der Waals surface area contributed by atoms with Gasteiger partial charge in [0, 0.05) is 47.6 Å². The molecule has 0 radical (unpaired) electrons. The van der Waals surface area contributed by atoms with E-state index in [9.17, 15) is 0 Å². The van der Waals surface area contributed by atoms with Crippen molar-refractivity contribution in [2.75, 3.05) is 23.9 Å². The Morgan fingerprint density at radius 1 is 0.357 bits per heavy atom. The minimum absolute atomic E-state index is 0.872. The Bertz CT molecular complexity index is 2640. The Morgan fingerprint density at radius 2 is 0.661 bits per heavy atom. The van der Waals surface area contributed by atoms with Gasteiger partial charge < -0.3 is 19.8 Å². The van der Waals surface area contributed by atoms with Crippen LogP contribution in [0.1, 0.15) is 45.0 Å². The van der Waals surface area contributed by atoms with Crippen LogP contribution in [-0.2, 0) is 0 Å². The molecule has 4 aromatic carbocycles. The predicted octanol–water partition coefficient (Wildman–Crippen LogP) is 12.8. The van der Waals surface area contributed by atoms with Crippen molar-refractivity contribution in [3.05, 3.63) is 166 Å². The Balaban J connectivity index is 1.43. The van der Waals surface area contributed by atoms with Crippen LogP contribution in [-0.4, -0.2) is 34.0 Å². The molecule has 0 amide bonds. The Labute approximate surface area is 328 Å². The second kappa shape index (κ2) is 14.1. The first kappa shape index (κ1) is 34.8. The predicted molar refractivity (Wildman–Crippen MR) is 238 cm³/mol. The summed E-state index contributed by atoms with van der Waals surface area (Å²) in [5.41, 5.74) is 20.6. The van der Waals surface area contributed by atoms with Crippen molar-refractivity contribution in [3.63, 3.8) is 0 Å². The number of hydrogen-bond acceptors (Lipinski definition) is 4. The van der Waals surface area contributed by atoms with Crippen molar-refractivity contribution in [1.82, 2.24) is 19.9 Å². The van der Waals surface area contributed by atoms with Crippen LogP contribution in [0.25, 0.3) is 68.6 Å². The van der Waals surface area contributed by atoms with Crippen LogP contribution in [0.5, 0.6) is 0 Å². The Kier molecular flexibility index (Phi) is 8.74. The van der Waals surface area contributed by atoms with E-state index in [1.807, 2.05) is 0 Å². The van der Waals surface area contributed by atoms with Crippen molar-refractivity contribution in [2.24, 2.45) is 0 Å². The number of H-pyrrole nitrogens is 2. The fourth-order valence-corrected chi connectivity index (χ4v) is 7.72. The number of rotatable bonds is 6. The molecule has 0 atom stereocenters. The number of aromatic nitrogens is 4. The van der Waals surface area contributed by atoms with Gasteiger partial charge in [-0.1, -0.05) is 95.1 Å². The molecule has 56 heavy (non-hydrogen) atoms. The van der Waals surface area contributed by atoms with Crippen molar-refractivity contribution < 1.29 is 0 Å². The van der Waals surface area contributed by atoms with Crippen molar-refractivity contribution in [2.45, 2.75) is 27.7 Å². The van der Waals surface area contributed by atoms with Gasteiger partial charge in [-0.2, -0.15) is 0 Å². The van der Waals surface area contributed by atoms with Crippen LogP contribution in [0, 0.1) is 27.7 Å². The molecule has 9 rings (SSSR count). The third-order valence-corrected chi connectivity index (χ3v) is 10.9. The SMILES string of the molecule is Cc1ccc(-c2c3nc(c(N(C)c4ccc(C)cc4)c4ccc([nH]4)c(-c4ccc(C)cc4)c4nc(c(N(C)c5ccc(C)cc5)c5ccc2[nH]5)C=C4)C=C3)cc1. The molecule has 3 aromatic heterocycles. The Hall–Kier alpha value is -6.92. The smallest absolute Gasteiger partial charge is 0.0908 e. The molecule has 8 bridgehead atoms. The maximum absolute atomic E-state index is 5.45. The lowest BCUT2D eigenvalue weighted by molar-refractivity contribution is 1.18. The van der Waals surface area contributed by atoms with Crippen LogP contribution >= 0.6 is 0 Å². The first-order valence-electron chi connectivity index (χ1n) is 19.1. The standard InChI is InChI=1S/C50H44N6/c1-31-7-15-35(16-8-31)47-39-23-27-43(51-39)49(55(5)37-19-11-33(3)12-20-37)45-29-25-41(53-45)48(36-17-9-32(2)10-18-36)42-26-30-46(54-42)50(44-28-24-40(47)52-44)56(6)38-21-13-34(4)14-22-38/h7-30,51,54H,1-6H3. The molecule has 0 unspecified atom stereocenters. The average molecular weight is 729 g/mol. The number of nitrogens with zero attached hydrogens (tertiary/aromatic N) is 4. The molecular weight excluding hydrogens is 685 g/mol. The third-order valence-electron chi connectivity index (χ3n) is 10.9. The Morgan fingerprint density at radius 3 is 1.02 bits per heavy atom. The van der Waals surface area contributed by atoms with Crippen LogP contribution < -0.4 is 9.80 Å². The molecule has 0 spiro atoms. The quantitative estimate of drug-likeness (QED) is 0.179. The molecule has 2 aliphatic rings. The van der Waals surface area contributed by atoms with E-state index in [0.29, 0.717) is 0 Å². The molecule has 6 nitrogen and oxygen atoms in total. The number of fused-ring (bicyclic) bond motifs is 8. The fourth-order valence-electron chi connectivity index (χ4n) is 7.72. The highest BCUT2D eigenvalue weighted by atomic mass is 15.1. The topological polar surface area (TPSA) is 63.8 Å². The van der Waals surface area contributed by atoms with Gasteiger partial charge >= 0.3 is 0 Å². The average Bonchev–Trinajstić information content (AvgIpc) is 4.05. The first-order chi connectivity index (χ1) is 27.2. The van der Waals surface area contributed by atoms with Crippen molar-refractivity contribution in [3.8, 4) is 22.3 Å². The summed E-state index contributed by atoms with van der Waals surface area (Å²) in [5.74, 6) is 0. The second-order valence-corrected chi connectivity index (χ2v) is 15.0. The summed E-state index contributed by atoms with van der Waals surface area (Å²) < 4.78 is 0. The van der Waals surface area contributed by atoms with Crippen LogP contribution in [0.15, 0.2) is 121 Å². The van der Waals surface area contributed by atoms with E-state index in [0.717, 1.165) is 89.8 Å². The van der Waals surface area contributed by atoms with E-state index < -0.39 is 0 Å². The van der Waals surface area contributed by atoms with Gasteiger partial charge in [0.15, 0.2) is 0 Å². The highest BCUT2D eigenvalue weighted by Crippen LogP contribution is 2.40. The van der Waals surface area contributed by atoms with Gasteiger partial charge in [0.05, 0.1) is 45.2 Å². The summed E-state index contributed by atoms with van der Waals surface area (Å²) >= 11 is 0. The van der Waals surface area contributed by atoms with E-state index in [-0.39, 0.29) is 0 Å². The molecule has 0 saturated carbocycles. The zero-order chi connectivity index (χ0) is 38.5. The van der Waals surface area contributed by atoms with Crippen LogP contribution in [0.3, 0.4) is 0 Å². The van der Waals surface area contributed by atoms with Gasteiger partial charge in [0.1, 0.15) is 0 Å². The molecule has 2 aliphatic heterocycles. The number of benzene rings is 4. The number of nitrogens with one attached hydrogen (secondary N) is 2. The molecule has 7 aromatic rings. The minimum Gasteiger partial charge on any atom is -0.353 e. The molecule has 5 heterocycles. The number of aryl methyl sites for hydroxylation is 4. The van der Waals surface area contributed by atoms with E-state index in [4.69, 9.17) is 9.97 Å². The van der Waals surface area contributed by atoms with Gasteiger partial charge in [-0.25, -0.2) is 9.97 Å². The van der Waals surface area contributed by atoms with E-state index in [2.05, 4.69) is 207 Å². The van der Waals surface area contributed by atoms with Crippen molar-refractivity contribution >= 4 is 69.1 Å². The third kappa shape index (κ3) is 6.39. The number of aromatic amines is 2. The molecule has 0 fully saturated rings. The summed E-state index contributed by atoms with van der Waals surface area (Å²) in [6, 6.07) is 43.4. The normalized spacial score (nSPS) is 12.0. The van der Waals surface area contributed by atoms with Gasteiger partial charge in [-0.15, -0.1) is 0 Å². The maximum atomic E-state index is 5.45. The molecular formula is C50H44N6. The maximum Gasteiger partial charge on any atom is 0.0908 e. The fraction of sp³-hybridized carbons (Fsp3) is 0.120. The number of anilines is 4. The zero-order valence-corrected chi connectivity index (χ0v) is 32.6. The summed E-state index contributed by atoms with van der Waals surface area (Å²) in [6.45, 7) is 8.48. The van der Waals surface area contributed by atoms with Crippen LogP contribution in [0.4, 0.5) is 22.7 Å². The molecule has 6 heteroatoms. The van der Waals surface area contributed by atoms with Crippen molar-refractivity contribution in [1.29, 1.82) is 0 Å². The second-order valence-electron chi connectivity index (χ2n) is 15.0. The van der Waals surface area contributed by atoms with Gasteiger partial charge in [0.25, 0.3) is 0 Å². The lowest BCUT2D eigenvalue weighted by Gasteiger charge is -2.21. The van der Waals surface area contributed by atoms with Crippen LogP contribution in [0.2, 0.25) is 0 Å². The van der Waals surface area contributed by atoms with Gasteiger partial charge in [-0.05, 0) is 112 Å². The monoisotopic (exact) mass is 728 g/mol. The van der Waals surface area contributed by atoms with Gasteiger partial charge in [0.2, 0.25) is 0 Å². The lowest BCUT2D eigenvalue weighted by atomic mass is 10.0. The van der Waals surface area contributed by atoms with E-state index in [1.54, 1.807) is 0 Å². The highest BCUT2D eigenvalue weighted by Gasteiger charge is 2.21. The van der Waals surface area contributed by atoms with E-state index >= 15 is 0 Å². The molecule has 0 saturated heterocycles. The molecule has 274 valence electrons. The summed E-state index contributed by atoms with van der Waals surface area (Å²) in [6.07, 6.45) is 8.58. The lowest BCUT2D eigenvalue weighted by Crippen LogP contribution is -2.11. The zero-order valence-electron chi connectivity index (χ0n) is 32.6. The molecule has 0 aliphatic carbocycles. The highest BCUT2D eigenvalue weighted by molar-refractivity contribution is 5.99. The largest absolute Gasteiger partial charge is 0.353 e. The summed E-state index contributed by atoms with van der Waals surface area (Å²) in [4.78, 5) is 23.1. The minimum atomic E-state index is 0.872. The van der Waals surface area contributed by atoms with E-state index in [1.165, 1.54) is 22.3 Å². The summed E-state index contributed by atoms with van der Waals surface area (Å²) in [7, 11) is 4.24. The summed E-state index contributed by atoms with van der Waals surface area (Å²) in [5, 5.41) is 0. The first-order valence-corrected chi connectivity index (χ1v) is 19.1. The van der Waals surface area contributed by atoms with Gasteiger partial charge in [-0.3, -0.25) is 0 Å². The molecule has 2 N–H and O–H groups in total. The number of hydrogen-bond donors (Lipinski definition) is 2.